The van der Waals surface area contributed by atoms with Gasteiger partial charge in [0.15, 0.2) is 5.82 Å². The number of amides is 1. The minimum Gasteiger partial charge on any atom is -0.337 e. The zero-order valence-electron chi connectivity index (χ0n) is 12.3. The van der Waals surface area contributed by atoms with Gasteiger partial charge in [0.2, 0.25) is 0 Å². The molecule has 1 saturated heterocycles. The third-order valence-corrected chi connectivity index (χ3v) is 4.89. The van der Waals surface area contributed by atoms with E-state index in [1.54, 1.807) is 16.9 Å². The molecule has 22 heavy (non-hydrogen) atoms. The summed E-state index contributed by atoms with van der Waals surface area (Å²) in [7, 11) is 0. The summed E-state index contributed by atoms with van der Waals surface area (Å²) in [4.78, 5) is 19.1. The summed E-state index contributed by atoms with van der Waals surface area (Å²) in [6.45, 7) is 1.57. The van der Waals surface area contributed by atoms with Crippen molar-refractivity contribution >= 4 is 5.91 Å². The fraction of sp³-hybridized carbons (Fsp3) is 0.438. The molecule has 0 radical (unpaired) electrons. The number of aromatic nitrogens is 3. The highest BCUT2D eigenvalue weighted by Gasteiger charge is 2.42. The summed E-state index contributed by atoms with van der Waals surface area (Å²) in [5.74, 6) is 1.68. The monoisotopic (exact) mass is 297 g/mol. The topological polar surface area (TPSA) is 77.0 Å². The Balaban J connectivity index is 1.55. The molecule has 4 rings (SSSR count). The lowest BCUT2D eigenvalue weighted by atomic mass is 9.98. The van der Waals surface area contributed by atoms with E-state index < -0.39 is 0 Å². The zero-order chi connectivity index (χ0) is 15.1. The van der Waals surface area contributed by atoms with Gasteiger partial charge in [0.05, 0.1) is 0 Å². The van der Waals surface area contributed by atoms with Gasteiger partial charge in [-0.05, 0) is 42.9 Å². The van der Waals surface area contributed by atoms with Gasteiger partial charge >= 0.3 is 0 Å². The number of hydrogen-bond donors (Lipinski definition) is 1. The molecule has 114 valence electrons. The van der Waals surface area contributed by atoms with Crippen LogP contribution in [0.15, 0.2) is 36.7 Å². The number of hydrogen-bond acceptors (Lipinski definition) is 4. The summed E-state index contributed by atoms with van der Waals surface area (Å²) >= 11 is 0. The Morgan fingerprint density at radius 1 is 1.23 bits per heavy atom. The predicted molar refractivity (Wildman–Crippen MR) is 81.5 cm³/mol. The first-order valence-corrected chi connectivity index (χ1v) is 7.74. The highest BCUT2D eigenvalue weighted by Crippen LogP contribution is 2.37. The van der Waals surface area contributed by atoms with Crippen molar-refractivity contribution < 1.29 is 4.79 Å². The van der Waals surface area contributed by atoms with E-state index in [4.69, 9.17) is 5.73 Å². The van der Waals surface area contributed by atoms with Crippen LogP contribution in [-0.4, -0.2) is 44.7 Å². The second kappa shape index (κ2) is 5.21. The summed E-state index contributed by atoms with van der Waals surface area (Å²) in [6.07, 6.45) is 5.73. The highest BCUT2D eigenvalue weighted by atomic mass is 16.2. The number of fused-ring (bicyclic) bond motifs is 1. The number of carbonyl (C=O) groups excluding carboxylic acids is 1. The SMILES string of the molecule is NC1CCC2CN(C(=O)c3cccc(-n4cccn4)n3)CC12. The van der Waals surface area contributed by atoms with Crippen LogP contribution >= 0.6 is 0 Å². The Morgan fingerprint density at radius 2 is 2.14 bits per heavy atom. The van der Waals surface area contributed by atoms with Crippen LogP contribution in [-0.2, 0) is 0 Å². The molecule has 3 heterocycles. The van der Waals surface area contributed by atoms with E-state index >= 15 is 0 Å². The minimum absolute atomic E-state index is 0.00407. The molecule has 2 fully saturated rings. The van der Waals surface area contributed by atoms with Gasteiger partial charge in [0.1, 0.15) is 5.69 Å². The fourth-order valence-electron chi connectivity index (χ4n) is 3.71. The Hall–Kier alpha value is -2.21. The molecule has 2 aliphatic rings. The Morgan fingerprint density at radius 3 is 2.91 bits per heavy atom. The van der Waals surface area contributed by atoms with E-state index in [2.05, 4.69) is 10.1 Å². The molecule has 1 aliphatic carbocycles. The Kier molecular flexibility index (Phi) is 3.18. The summed E-state index contributed by atoms with van der Waals surface area (Å²) in [6, 6.07) is 7.53. The summed E-state index contributed by atoms with van der Waals surface area (Å²) in [5, 5.41) is 4.15. The minimum atomic E-state index is -0.00407. The van der Waals surface area contributed by atoms with Crippen LogP contribution in [0.1, 0.15) is 23.3 Å². The van der Waals surface area contributed by atoms with E-state index in [0.29, 0.717) is 23.3 Å². The first-order chi connectivity index (χ1) is 10.7. The van der Waals surface area contributed by atoms with Crippen molar-refractivity contribution in [1.29, 1.82) is 0 Å². The molecule has 1 saturated carbocycles. The Bertz CT molecular complexity index is 684. The van der Waals surface area contributed by atoms with Crippen LogP contribution < -0.4 is 5.73 Å². The van der Waals surface area contributed by atoms with E-state index in [1.165, 1.54) is 0 Å². The van der Waals surface area contributed by atoms with Gasteiger partial charge in [-0.25, -0.2) is 9.67 Å². The quantitative estimate of drug-likeness (QED) is 0.899. The highest BCUT2D eigenvalue weighted by molar-refractivity contribution is 5.92. The van der Waals surface area contributed by atoms with Crippen molar-refractivity contribution in [2.45, 2.75) is 18.9 Å². The van der Waals surface area contributed by atoms with Gasteiger partial charge in [-0.1, -0.05) is 6.07 Å². The summed E-state index contributed by atoms with van der Waals surface area (Å²) in [5.41, 5.74) is 6.62. The van der Waals surface area contributed by atoms with Gasteiger partial charge in [-0.3, -0.25) is 4.79 Å². The lowest BCUT2D eigenvalue weighted by Crippen LogP contribution is -2.34. The number of nitrogens with two attached hydrogens (primary N) is 1. The van der Waals surface area contributed by atoms with Crippen LogP contribution in [0.3, 0.4) is 0 Å². The summed E-state index contributed by atoms with van der Waals surface area (Å²) < 4.78 is 1.66. The van der Waals surface area contributed by atoms with Crippen molar-refractivity contribution in [3.63, 3.8) is 0 Å². The Labute approximate surface area is 128 Å². The molecule has 2 N–H and O–H groups in total. The predicted octanol–water partition coefficient (Wildman–Crippen LogP) is 1.08. The first-order valence-electron chi connectivity index (χ1n) is 7.74. The lowest BCUT2D eigenvalue weighted by molar-refractivity contribution is 0.0773. The maximum atomic E-state index is 12.7. The molecule has 3 unspecified atom stereocenters. The molecular formula is C16H19N5O. The average Bonchev–Trinajstić information content (AvgIpc) is 3.25. The largest absolute Gasteiger partial charge is 0.337 e. The van der Waals surface area contributed by atoms with Gasteiger partial charge in [0, 0.05) is 31.5 Å². The van der Waals surface area contributed by atoms with E-state index in [1.807, 2.05) is 29.3 Å². The van der Waals surface area contributed by atoms with Crippen LogP contribution in [0.5, 0.6) is 0 Å². The van der Waals surface area contributed by atoms with Gasteiger partial charge in [0.25, 0.3) is 5.91 Å². The van der Waals surface area contributed by atoms with Crippen LogP contribution in [0, 0.1) is 11.8 Å². The first kappa shape index (κ1) is 13.5. The van der Waals surface area contributed by atoms with Crippen molar-refractivity contribution in [1.82, 2.24) is 19.7 Å². The van der Waals surface area contributed by atoms with Crippen molar-refractivity contribution in [2.75, 3.05) is 13.1 Å². The molecule has 0 spiro atoms. The molecular weight excluding hydrogens is 278 g/mol. The molecule has 0 aromatic carbocycles. The maximum absolute atomic E-state index is 12.7. The van der Waals surface area contributed by atoms with Crippen LogP contribution in [0.4, 0.5) is 0 Å². The van der Waals surface area contributed by atoms with Gasteiger partial charge < -0.3 is 10.6 Å². The number of rotatable bonds is 2. The lowest BCUT2D eigenvalue weighted by Gasteiger charge is -2.18. The third kappa shape index (κ3) is 2.20. The molecule has 3 atom stereocenters. The molecule has 6 heteroatoms. The van der Waals surface area contributed by atoms with Crippen molar-refractivity contribution in [2.24, 2.45) is 17.6 Å². The van der Waals surface area contributed by atoms with Crippen molar-refractivity contribution in [3.05, 3.63) is 42.4 Å². The van der Waals surface area contributed by atoms with E-state index in [0.717, 1.165) is 25.9 Å². The van der Waals surface area contributed by atoms with E-state index in [-0.39, 0.29) is 11.9 Å². The zero-order valence-corrected chi connectivity index (χ0v) is 12.3. The molecule has 1 aliphatic heterocycles. The second-order valence-electron chi connectivity index (χ2n) is 6.21. The molecule has 1 amide bonds. The molecule has 6 nitrogen and oxygen atoms in total. The number of likely N-dealkylation sites (tertiary alicyclic amines) is 1. The standard InChI is InChI=1S/C16H19N5O/c17-13-6-5-11-9-20(10-12(11)13)16(22)14-3-1-4-15(19-14)21-8-2-7-18-21/h1-4,7-8,11-13H,5-6,9-10,17H2. The van der Waals surface area contributed by atoms with E-state index in [9.17, 15) is 4.79 Å². The number of nitrogens with zero attached hydrogens (tertiary/aromatic N) is 4. The van der Waals surface area contributed by atoms with Gasteiger partial charge in [-0.15, -0.1) is 0 Å². The molecule has 2 aromatic rings. The van der Waals surface area contributed by atoms with Crippen molar-refractivity contribution in [3.8, 4) is 5.82 Å². The number of carbonyl (C=O) groups is 1. The average molecular weight is 297 g/mol. The van der Waals surface area contributed by atoms with Crippen LogP contribution in [0.2, 0.25) is 0 Å². The second-order valence-corrected chi connectivity index (χ2v) is 6.21. The van der Waals surface area contributed by atoms with Gasteiger partial charge in [-0.2, -0.15) is 5.10 Å². The van der Waals surface area contributed by atoms with Crippen LogP contribution in [0.25, 0.3) is 5.82 Å². The fourth-order valence-corrected chi connectivity index (χ4v) is 3.71. The smallest absolute Gasteiger partial charge is 0.272 e. The third-order valence-electron chi connectivity index (χ3n) is 4.89. The molecule has 2 aromatic heterocycles. The normalized spacial score (nSPS) is 27.1. The maximum Gasteiger partial charge on any atom is 0.272 e. The number of pyridine rings is 1. The molecule has 0 bridgehead atoms.